The zero-order valence-corrected chi connectivity index (χ0v) is 13.9. The molecule has 0 amide bonds. The van der Waals surface area contributed by atoms with E-state index in [2.05, 4.69) is 47.9 Å². The molecule has 0 fully saturated rings. The summed E-state index contributed by atoms with van der Waals surface area (Å²) < 4.78 is 5.43. The van der Waals surface area contributed by atoms with Crippen LogP contribution in [0.5, 0.6) is 5.75 Å². The Morgan fingerprint density at radius 2 is 1.86 bits per heavy atom. The monoisotopic (exact) mass is 299 g/mol. The Morgan fingerprint density at radius 1 is 1.18 bits per heavy atom. The predicted molar refractivity (Wildman–Crippen MR) is 89.0 cm³/mol. The highest BCUT2D eigenvalue weighted by molar-refractivity contribution is 5.33. The van der Waals surface area contributed by atoms with Crippen LogP contribution in [-0.4, -0.2) is 35.1 Å². The molecule has 0 radical (unpaired) electrons. The smallest absolute Gasteiger partial charge is 0.127 e. The molecule has 0 bridgehead atoms. The third kappa shape index (κ3) is 4.28. The standard InChI is InChI=1S/C18H25N3O/c1-5-18-19-11-15(12-20-18)13-21(3)14(2)10-16-8-6-7-9-17(16)22-4/h6-9,11-12,14H,5,10,13H2,1-4H3/t14-/m0/s1. The van der Waals surface area contributed by atoms with Crippen LogP contribution in [0.1, 0.15) is 30.8 Å². The van der Waals surface area contributed by atoms with Gasteiger partial charge in [0.05, 0.1) is 7.11 Å². The van der Waals surface area contributed by atoms with Crippen molar-refractivity contribution in [3.05, 3.63) is 53.6 Å². The lowest BCUT2D eigenvalue weighted by molar-refractivity contribution is 0.246. The van der Waals surface area contributed by atoms with E-state index in [9.17, 15) is 0 Å². The molecule has 2 rings (SSSR count). The molecule has 118 valence electrons. The number of rotatable bonds is 7. The van der Waals surface area contributed by atoms with Gasteiger partial charge in [0.1, 0.15) is 11.6 Å². The Balaban J connectivity index is 1.97. The van der Waals surface area contributed by atoms with Crippen LogP contribution in [-0.2, 0) is 19.4 Å². The molecule has 0 unspecified atom stereocenters. The van der Waals surface area contributed by atoms with Gasteiger partial charge in [-0.3, -0.25) is 4.90 Å². The van der Waals surface area contributed by atoms with Gasteiger partial charge in [0, 0.05) is 37.0 Å². The van der Waals surface area contributed by atoms with Gasteiger partial charge in [0.25, 0.3) is 0 Å². The van der Waals surface area contributed by atoms with Crippen LogP contribution < -0.4 is 4.74 Å². The van der Waals surface area contributed by atoms with Crippen molar-refractivity contribution >= 4 is 0 Å². The third-order valence-corrected chi connectivity index (χ3v) is 3.97. The number of ether oxygens (including phenoxy) is 1. The van der Waals surface area contributed by atoms with Gasteiger partial charge in [-0.1, -0.05) is 25.1 Å². The molecule has 0 N–H and O–H groups in total. The first kappa shape index (κ1) is 16.4. The first-order chi connectivity index (χ1) is 10.6. The lowest BCUT2D eigenvalue weighted by Crippen LogP contribution is -2.30. The fourth-order valence-corrected chi connectivity index (χ4v) is 2.44. The minimum atomic E-state index is 0.405. The minimum Gasteiger partial charge on any atom is -0.496 e. The van der Waals surface area contributed by atoms with Crippen molar-refractivity contribution in [1.29, 1.82) is 0 Å². The summed E-state index contributed by atoms with van der Waals surface area (Å²) in [6.45, 7) is 5.14. The number of benzene rings is 1. The number of para-hydroxylation sites is 1. The number of hydrogen-bond donors (Lipinski definition) is 0. The highest BCUT2D eigenvalue weighted by Gasteiger charge is 2.13. The Kier molecular flexibility index (Phi) is 5.90. The van der Waals surface area contributed by atoms with E-state index in [1.54, 1.807) is 7.11 Å². The summed E-state index contributed by atoms with van der Waals surface area (Å²) in [5.41, 5.74) is 2.38. The Hall–Kier alpha value is -1.94. The third-order valence-electron chi connectivity index (χ3n) is 3.97. The summed E-state index contributed by atoms with van der Waals surface area (Å²) in [5, 5.41) is 0. The lowest BCUT2D eigenvalue weighted by Gasteiger charge is -2.25. The van der Waals surface area contributed by atoms with Gasteiger partial charge in [-0.25, -0.2) is 9.97 Å². The molecular weight excluding hydrogens is 274 g/mol. The number of methoxy groups -OCH3 is 1. The van der Waals surface area contributed by atoms with Crippen molar-refractivity contribution in [3.8, 4) is 5.75 Å². The van der Waals surface area contributed by atoms with Crippen LogP contribution in [0.3, 0.4) is 0 Å². The predicted octanol–water partition coefficient (Wildman–Crippen LogP) is 3.11. The molecule has 22 heavy (non-hydrogen) atoms. The summed E-state index contributed by atoms with van der Waals surface area (Å²) in [5.74, 6) is 1.85. The van der Waals surface area contributed by atoms with Gasteiger partial charge in [-0.05, 0) is 32.0 Å². The molecule has 0 saturated carbocycles. The average Bonchev–Trinajstić information content (AvgIpc) is 2.56. The average molecular weight is 299 g/mol. The van der Waals surface area contributed by atoms with Crippen molar-refractivity contribution in [2.75, 3.05) is 14.2 Å². The van der Waals surface area contributed by atoms with Crippen LogP contribution in [0, 0.1) is 0 Å². The van der Waals surface area contributed by atoms with Crippen LogP contribution in [0.2, 0.25) is 0 Å². The maximum Gasteiger partial charge on any atom is 0.127 e. The van der Waals surface area contributed by atoms with Crippen molar-refractivity contribution in [3.63, 3.8) is 0 Å². The highest BCUT2D eigenvalue weighted by Crippen LogP contribution is 2.20. The fraction of sp³-hybridized carbons (Fsp3) is 0.444. The van der Waals surface area contributed by atoms with Gasteiger partial charge in [-0.2, -0.15) is 0 Å². The van der Waals surface area contributed by atoms with E-state index in [-0.39, 0.29) is 0 Å². The molecule has 4 heteroatoms. The summed E-state index contributed by atoms with van der Waals surface area (Å²) in [6.07, 6.45) is 5.69. The first-order valence-corrected chi connectivity index (χ1v) is 7.76. The van der Waals surface area contributed by atoms with E-state index in [1.165, 1.54) is 5.56 Å². The molecule has 2 aromatic rings. The number of aryl methyl sites for hydroxylation is 1. The first-order valence-electron chi connectivity index (χ1n) is 7.76. The minimum absolute atomic E-state index is 0.405. The van der Waals surface area contributed by atoms with Crippen LogP contribution >= 0.6 is 0 Å². The maximum atomic E-state index is 5.43. The Bertz CT molecular complexity index is 583. The normalized spacial score (nSPS) is 12.4. The van der Waals surface area contributed by atoms with Gasteiger partial charge < -0.3 is 4.74 Å². The molecule has 0 saturated heterocycles. The van der Waals surface area contributed by atoms with Crippen molar-refractivity contribution in [1.82, 2.24) is 14.9 Å². The van der Waals surface area contributed by atoms with E-state index < -0.39 is 0 Å². The van der Waals surface area contributed by atoms with Crippen molar-refractivity contribution in [2.45, 2.75) is 39.3 Å². The zero-order valence-electron chi connectivity index (χ0n) is 13.9. The Labute approximate surface area is 133 Å². The summed E-state index contributed by atoms with van der Waals surface area (Å²) in [4.78, 5) is 11.0. The molecule has 4 nitrogen and oxygen atoms in total. The fourth-order valence-electron chi connectivity index (χ4n) is 2.44. The van der Waals surface area contributed by atoms with Crippen LogP contribution in [0.15, 0.2) is 36.7 Å². The number of nitrogens with zero attached hydrogens (tertiary/aromatic N) is 3. The van der Waals surface area contributed by atoms with E-state index in [0.29, 0.717) is 6.04 Å². The second-order valence-corrected chi connectivity index (χ2v) is 5.64. The SMILES string of the molecule is CCc1ncc(CN(C)[C@@H](C)Cc2ccccc2OC)cn1. The lowest BCUT2D eigenvalue weighted by atomic mass is 10.0. The molecule has 0 aliphatic rings. The van der Waals surface area contributed by atoms with Gasteiger partial charge in [0.2, 0.25) is 0 Å². The van der Waals surface area contributed by atoms with Crippen LogP contribution in [0.25, 0.3) is 0 Å². The molecule has 0 aliphatic heterocycles. The summed E-state index contributed by atoms with van der Waals surface area (Å²) in [6, 6.07) is 8.61. The second-order valence-electron chi connectivity index (χ2n) is 5.64. The Morgan fingerprint density at radius 3 is 2.50 bits per heavy atom. The maximum absolute atomic E-state index is 5.43. The van der Waals surface area contributed by atoms with Gasteiger partial charge >= 0.3 is 0 Å². The van der Waals surface area contributed by atoms with Crippen molar-refractivity contribution in [2.24, 2.45) is 0 Å². The van der Waals surface area contributed by atoms with E-state index >= 15 is 0 Å². The largest absolute Gasteiger partial charge is 0.496 e. The molecular formula is C18H25N3O. The summed E-state index contributed by atoms with van der Waals surface area (Å²) >= 11 is 0. The topological polar surface area (TPSA) is 38.2 Å². The molecule has 1 atom stereocenters. The number of likely N-dealkylation sites (N-methyl/N-ethyl adjacent to an activating group) is 1. The molecule has 0 aliphatic carbocycles. The van der Waals surface area contributed by atoms with Gasteiger partial charge in [-0.15, -0.1) is 0 Å². The zero-order chi connectivity index (χ0) is 15.9. The molecule has 1 aromatic carbocycles. The van der Waals surface area contributed by atoms with E-state index in [1.807, 2.05) is 24.5 Å². The molecule has 0 spiro atoms. The number of hydrogen-bond acceptors (Lipinski definition) is 4. The summed E-state index contributed by atoms with van der Waals surface area (Å²) in [7, 11) is 3.85. The highest BCUT2D eigenvalue weighted by atomic mass is 16.5. The van der Waals surface area contributed by atoms with E-state index in [0.717, 1.165) is 36.5 Å². The van der Waals surface area contributed by atoms with Gasteiger partial charge in [0.15, 0.2) is 0 Å². The van der Waals surface area contributed by atoms with E-state index in [4.69, 9.17) is 4.74 Å². The molecule has 1 aromatic heterocycles. The van der Waals surface area contributed by atoms with Crippen molar-refractivity contribution < 1.29 is 4.74 Å². The van der Waals surface area contributed by atoms with Crippen LogP contribution in [0.4, 0.5) is 0 Å². The second kappa shape index (κ2) is 7.90. The number of aromatic nitrogens is 2. The quantitative estimate of drug-likeness (QED) is 0.787. The molecule has 1 heterocycles.